The number of amides is 2. The van der Waals surface area contributed by atoms with Crippen molar-refractivity contribution < 1.29 is 9.59 Å². The molecule has 0 spiro atoms. The molecule has 1 aromatic rings. The Kier molecular flexibility index (Phi) is 4.38. The van der Waals surface area contributed by atoms with Gasteiger partial charge >= 0.3 is 0 Å². The van der Waals surface area contributed by atoms with Gasteiger partial charge in [-0.05, 0) is 24.5 Å². The number of piperazine rings is 1. The molecule has 2 atom stereocenters. The number of hydrogen-bond acceptors (Lipinski definition) is 4. The van der Waals surface area contributed by atoms with Crippen LogP contribution in [0.5, 0.6) is 0 Å². The summed E-state index contributed by atoms with van der Waals surface area (Å²) in [6, 6.07) is 3.54. The highest BCUT2D eigenvalue weighted by atomic mass is 16.2. The van der Waals surface area contributed by atoms with Crippen molar-refractivity contribution in [3.05, 3.63) is 24.5 Å². The number of rotatable bonds is 4. The molecule has 0 unspecified atom stereocenters. The van der Waals surface area contributed by atoms with E-state index in [-0.39, 0.29) is 11.8 Å². The lowest BCUT2D eigenvalue weighted by Gasteiger charge is -2.34. The monoisotopic (exact) mass is 302 g/mol. The van der Waals surface area contributed by atoms with Gasteiger partial charge in [0.2, 0.25) is 11.8 Å². The number of hydrogen-bond donors (Lipinski definition) is 1. The third-order valence-corrected chi connectivity index (χ3v) is 4.44. The summed E-state index contributed by atoms with van der Waals surface area (Å²) < 4.78 is 0. The summed E-state index contributed by atoms with van der Waals surface area (Å²) in [5, 5.41) is 2.86. The van der Waals surface area contributed by atoms with E-state index in [1.807, 2.05) is 4.90 Å². The molecule has 2 aliphatic rings. The van der Waals surface area contributed by atoms with Crippen LogP contribution in [0.25, 0.3) is 0 Å². The minimum Gasteiger partial charge on any atom is -0.340 e. The maximum absolute atomic E-state index is 12.2. The first-order valence-corrected chi connectivity index (χ1v) is 7.84. The first kappa shape index (κ1) is 15.0. The molecule has 0 bridgehead atoms. The van der Waals surface area contributed by atoms with E-state index in [9.17, 15) is 9.59 Å². The molecule has 22 heavy (non-hydrogen) atoms. The Balaban J connectivity index is 1.42. The fourth-order valence-electron chi connectivity index (χ4n) is 2.87. The Bertz CT molecular complexity index is 540. The number of nitrogens with zero attached hydrogens (tertiary/aromatic N) is 3. The van der Waals surface area contributed by atoms with Gasteiger partial charge in [-0.1, -0.05) is 6.92 Å². The molecule has 6 heteroatoms. The van der Waals surface area contributed by atoms with Crippen molar-refractivity contribution in [2.45, 2.75) is 13.3 Å². The summed E-state index contributed by atoms with van der Waals surface area (Å²) in [7, 11) is 0. The number of nitrogens with one attached hydrogen (secondary N) is 1. The molecule has 1 saturated heterocycles. The molecule has 1 aliphatic heterocycles. The Labute approximate surface area is 130 Å². The number of anilines is 1. The summed E-state index contributed by atoms with van der Waals surface area (Å²) in [6.07, 6.45) is 4.34. The highest BCUT2D eigenvalue weighted by Crippen LogP contribution is 2.39. The average molecular weight is 302 g/mol. The second-order valence-corrected chi connectivity index (χ2v) is 6.20. The lowest BCUT2D eigenvalue weighted by Crippen LogP contribution is -2.51. The molecule has 1 aliphatic carbocycles. The molecular weight excluding hydrogens is 280 g/mol. The number of aromatic nitrogens is 1. The quantitative estimate of drug-likeness (QED) is 0.894. The zero-order valence-electron chi connectivity index (χ0n) is 12.9. The topological polar surface area (TPSA) is 65.5 Å². The zero-order valence-corrected chi connectivity index (χ0v) is 12.9. The molecule has 1 N–H and O–H groups in total. The summed E-state index contributed by atoms with van der Waals surface area (Å²) in [5.74, 6) is 1.08. The summed E-state index contributed by atoms with van der Waals surface area (Å²) >= 11 is 0. The molecule has 2 heterocycles. The lowest BCUT2D eigenvalue weighted by atomic mass is 10.2. The molecule has 2 amide bonds. The summed E-state index contributed by atoms with van der Waals surface area (Å²) in [4.78, 5) is 32.1. The molecule has 0 radical (unpaired) electrons. The lowest BCUT2D eigenvalue weighted by molar-refractivity contribution is -0.134. The smallest absolute Gasteiger partial charge is 0.238 e. The van der Waals surface area contributed by atoms with Crippen LogP contribution < -0.4 is 5.32 Å². The van der Waals surface area contributed by atoms with E-state index in [1.54, 1.807) is 24.5 Å². The first-order valence-electron chi connectivity index (χ1n) is 7.84. The fraction of sp³-hybridized carbons (Fsp3) is 0.562. The van der Waals surface area contributed by atoms with Crippen LogP contribution >= 0.6 is 0 Å². The average Bonchev–Trinajstić information content (AvgIpc) is 3.25. The van der Waals surface area contributed by atoms with Crippen molar-refractivity contribution >= 4 is 17.5 Å². The van der Waals surface area contributed by atoms with Crippen molar-refractivity contribution in [2.75, 3.05) is 38.0 Å². The van der Waals surface area contributed by atoms with E-state index in [0.29, 0.717) is 18.4 Å². The number of carbonyl (C=O) groups excluding carboxylic acids is 2. The third kappa shape index (κ3) is 3.62. The largest absolute Gasteiger partial charge is 0.340 e. The van der Waals surface area contributed by atoms with E-state index in [4.69, 9.17) is 0 Å². The summed E-state index contributed by atoms with van der Waals surface area (Å²) in [6.45, 7) is 5.47. The van der Waals surface area contributed by atoms with Crippen molar-refractivity contribution in [3.63, 3.8) is 0 Å². The van der Waals surface area contributed by atoms with Gasteiger partial charge in [-0.3, -0.25) is 19.5 Å². The van der Waals surface area contributed by atoms with Crippen molar-refractivity contribution in [2.24, 2.45) is 11.8 Å². The molecule has 6 nitrogen and oxygen atoms in total. The zero-order chi connectivity index (χ0) is 15.5. The van der Waals surface area contributed by atoms with Crippen molar-refractivity contribution in [3.8, 4) is 0 Å². The van der Waals surface area contributed by atoms with Crippen LogP contribution in [0.3, 0.4) is 0 Å². The fourth-order valence-corrected chi connectivity index (χ4v) is 2.87. The second-order valence-electron chi connectivity index (χ2n) is 6.20. The Morgan fingerprint density at radius 1 is 1.23 bits per heavy atom. The number of carbonyl (C=O) groups is 2. The maximum Gasteiger partial charge on any atom is 0.238 e. The molecule has 2 fully saturated rings. The van der Waals surface area contributed by atoms with Gasteiger partial charge in [0.25, 0.3) is 0 Å². The second kappa shape index (κ2) is 6.44. The van der Waals surface area contributed by atoms with E-state index < -0.39 is 0 Å². The van der Waals surface area contributed by atoms with Gasteiger partial charge in [-0.25, -0.2) is 0 Å². The molecule has 3 rings (SSSR count). The van der Waals surface area contributed by atoms with Crippen LogP contribution in [0.1, 0.15) is 13.3 Å². The van der Waals surface area contributed by atoms with Crippen LogP contribution in [-0.4, -0.2) is 59.3 Å². The highest BCUT2D eigenvalue weighted by Gasteiger charge is 2.41. The summed E-state index contributed by atoms with van der Waals surface area (Å²) in [5.41, 5.74) is 0.761. The number of pyridine rings is 1. The molecule has 0 aromatic carbocycles. The van der Waals surface area contributed by atoms with Gasteiger partial charge in [0, 0.05) is 50.2 Å². The Morgan fingerprint density at radius 2 is 1.86 bits per heavy atom. The van der Waals surface area contributed by atoms with Gasteiger partial charge in [-0.2, -0.15) is 0 Å². The van der Waals surface area contributed by atoms with E-state index in [0.717, 1.165) is 38.3 Å². The molecule has 118 valence electrons. The van der Waals surface area contributed by atoms with Crippen molar-refractivity contribution in [1.29, 1.82) is 0 Å². The standard InChI is InChI=1S/C16H22N4O2/c1-12-10-14(12)16(22)20-8-6-19(7-9-20)11-15(21)18-13-2-4-17-5-3-13/h2-5,12,14H,6-11H2,1H3,(H,17,18,21)/t12-,14-/m1/s1. The first-order chi connectivity index (χ1) is 10.6. The van der Waals surface area contributed by atoms with E-state index in [1.165, 1.54) is 0 Å². The van der Waals surface area contributed by atoms with Gasteiger partial charge in [-0.15, -0.1) is 0 Å². The maximum atomic E-state index is 12.2. The minimum absolute atomic E-state index is 0.0261. The predicted octanol–water partition coefficient (Wildman–Crippen LogP) is 0.820. The Morgan fingerprint density at radius 3 is 2.45 bits per heavy atom. The third-order valence-electron chi connectivity index (χ3n) is 4.44. The van der Waals surface area contributed by atoms with E-state index >= 15 is 0 Å². The van der Waals surface area contributed by atoms with Crippen LogP contribution in [0.4, 0.5) is 5.69 Å². The van der Waals surface area contributed by atoms with Gasteiger partial charge in [0.05, 0.1) is 6.54 Å². The molecule has 1 saturated carbocycles. The van der Waals surface area contributed by atoms with Crippen LogP contribution in [0.2, 0.25) is 0 Å². The van der Waals surface area contributed by atoms with Gasteiger partial charge in [0.1, 0.15) is 0 Å². The SMILES string of the molecule is C[C@@H]1C[C@H]1C(=O)N1CCN(CC(=O)Nc2ccncc2)CC1. The minimum atomic E-state index is -0.0261. The highest BCUT2D eigenvalue weighted by molar-refractivity contribution is 5.92. The van der Waals surface area contributed by atoms with Crippen LogP contribution in [0.15, 0.2) is 24.5 Å². The Hall–Kier alpha value is -1.95. The normalized spacial score (nSPS) is 24.9. The van der Waals surface area contributed by atoms with Gasteiger partial charge < -0.3 is 10.2 Å². The molecular formula is C16H22N4O2. The van der Waals surface area contributed by atoms with Crippen LogP contribution in [-0.2, 0) is 9.59 Å². The van der Waals surface area contributed by atoms with Crippen molar-refractivity contribution in [1.82, 2.24) is 14.8 Å². The predicted molar refractivity (Wildman–Crippen MR) is 83.2 cm³/mol. The van der Waals surface area contributed by atoms with Crippen LogP contribution in [0, 0.1) is 11.8 Å². The molecule has 1 aromatic heterocycles. The van der Waals surface area contributed by atoms with E-state index in [2.05, 4.69) is 22.1 Å². The van der Waals surface area contributed by atoms with Gasteiger partial charge in [0.15, 0.2) is 0 Å².